The molecule has 0 atom stereocenters. The van der Waals surface area contributed by atoms with Gasteiger partial charge in [-0.05, 0) is 24.1 Å². The van der Waals surface area contributed by atoms with Crippen LogP contribution in [0.25, 0.3) is 0 Å². The first-order valence-electron chi connectivity index (χ1n) is 5.68. The number of aryl methyl sites for hydroxylation is 1. The van der Waals surface area contributed by atoms with Crippen molar-refractivity contribution in [3.05, 3.63) is 52.0 Å². The number of hydrogen-bond acceptors (Lipinski definition) is 2. The Morgan fingerprint density at radius 3 is 3.00 bits per heavy atom. The van der Waals surface area contributed by atoms with Gasteiger partial charge in [0.2, 0.25) is 0 Å². The van der Waals surface area contributed by atoms with Crippen LogP contribution in [0.4, 0.5) is 0 Å². The first-order chi connectivity index (χ1) is 8.25. The van der Waals surface area contributed by atoms with E-state index in [4.69, 9.17) is 0 Å². The van der Waals surface area contributed by atoms with Crippen molar-refractivity contribution in [2.45, 2.75) is 19.9 Å². The van der Waals surface area contributed by atoms with Crippen molar-refractivity contribution in [1.82, 2.24) is 15.3 Å². The van der Waals surface area contributed by atoms with Crippen molar-refractivity contribution in [1.29, 1.82) is 0 Å². The zero-order valence-corrected chi connectivity index (χ0v) is 11.4. The van der Waals surface area contributed by atoms with Crippen LogP contribution in [0, 0.1) is 6.92 Å². The molecule has 17 heavy (non-hydrogen) atoms. The summed E-state index contributed by atoms with van der Waals surface area (Å²) in [7, 11) is 0. The van der Waals surface area contributed by atoms with Gasteiger partial charge in [0.1, 0.15) is 0 Å². The summed E-state index contributed by atoms with van der Waals surface area (Å²) in [6.07, 6.45) is 4.55. The van der Waals surface area contributed by atoms with Crippen LogP contribution >= 0.6 is 15.9 Å². The molecule has 2 N–H and O–H groups in total. The molecule has 2 rings (SSSR count). The van der Waals surface area contributed by atoms with E-state index in [2.05, 4.69) is 56.3 Å². The highest BCUT2D eigenvalue weighted by Gasteiger charge is 1.99. The number of rotatable bonds is 5. The molecule has 1 aromatic carbocycles. The maximum Gasteiger partial charge on any atom is 0.0921 e. The Balaban J connectivity index is 1.78. The van der Waals surface area contributed by atoms with E-state index in [1.165, 1.54) is 21.3 Å². The molecule has 0 amide bonds. The normalized spacial score (nSPS) is 10.7. The first kappa shape index (κ1) is 12.3. The average molecular weight is 294 g/mol. The number of aromatic nitrogens is 2. The molecule has 0 spiro atoms. The second-order valence-corrected chi connectivity index (χ2v) is 4.95. The number of imidazole rings is 1. The minimum Gasteiger partial charge on any atom is -0.348 e. The predicted octanol–water partition coefficient (Wildman–Crippen LogP) is 2.81. The molecule has 3 nitrogen and oxygen atoms in total. The Labute approximate surface area is 110 Å². The van der Waals surface area contributed by atoms with E-state index in [0.717, 1.165) is 19.5 Å². The van der Waals surface area contributed by atoms with E-state index in [1.54, 1.807) is 6.33 Å². The summed E-state index contributed by atoms with van der Waals surface area (Å²) in [6.45, 7) is 3.93. The fourth-order valence-corrected chi connectivity index (χ4v) is 2.30. The molecule has 0 radical (unpaired) electrons. The number of nitrogens with zero attached hydrogens (tertiary/aromatic N) is 1. The van der Waals surface area contributed by atoms with Crippen LogP contribution in [0.15, 0.2) is 35.2 Å². The summed E-state index contributed by atoms with van der Waals surface area (Å²) in [5.74, 6) is 0. The maximum absolute atomic E-state index is 3.99. The van der Waals surface area contributed by atoms with E-state index in [0.29, 0.717) is 0 Å². The molecule has 0 unspecified atom stereocenters. The third kappa shape index (κ3) is 3.68. The molecule has 1 aromatic heterocycles. The van der Waals surface area contributed by atoms with E-state index in [1.807, 2.05) is 6.20 Å². The molecule has 0 aliphatic rings. The number of H-pyrrole nitrogens is 1. The summed E-state index contributed by atoms with van der Waals surface area (Å²) in [5, 5.41) is 3.42. The van der Waals surface area contributed by atoms with Gasteiger partial charge >= 0.3 is 0 Å². The van der Waals surface area contributed by atoms with E-state index in [9.17, 15) is 0 Å². The van der Waals surface area contributed by atoms with Crippen LogP contribution in [0.2, 0.25) is 0 Å². The third-order valence-electron chi connectivity index (χ3n) is 2.65. The smallest absolute Gasteiger partial charge is 0.0921 e. The Morgan fingerprint density at radius 1 is 1.41 bits per heavy atom. The van der Waals surface area contributed by atoms with Crippen LogP contribution in [0.3, 0.4) is 0 Å². The lowest BCUT2D eigenvalue weighted by atomic mass is 10.1. The van der Waals surface area contributed by atoms with Crippen molar-refractivity contribution in [3.63, 3.8) is 0 Å². The molecule has 0 saturated heterocycles. The Hall–Kier alpha value is -1.13. The fourth-order valence-electron chi connectivity index (χ4n) is 1.66. The molecule has 0 aliphatic carbocycles. The molecule has 0 saturated carbocycles. The topological polar surface area (TPSA) is 40.7 Å². The van der Waals surface area contributed by atoms with Gasteiger partial charge in [-0.25, -0.2) is 4.98 Å². The number of benzene rings is 1. The average Bonchev–Trinajstić information content (AvgIpc) is 2.79. The van der Waals surface area contributed by atoms with Gasteiger partial charge in [0.25, 0.3) is 0 Å². The van der Waals surface area contributed by atoms with Crippen molar-refractivity contribution in [3.8, 4) is 0 Å². The summed E-state index contributed by atoms with van der Waals surface area (Å²) in [6, 6.07) is 6.44. The van der Waals surface area contributed by atoms with Gasteiger partial charge in [0, 0.05) is 35.9 Å². The lowest BCUT2D eigenvalue weighted by Crippen LogP contribution is -2.17. The number of hydrogen-bond donors (Lipinski definition) is 2. The monoisotopic (exact) mass is 293 g/mol. The van der Waals surface area contributed by atoms with Crippen LogP contribution in [0.1, 0.15) is 16.8 Å². The zero-order valence-electron chi connectivity index (χ0n) is 9.83. The fraction of sp³-hybridized carbons (Fsp3) is 0.308. The lowest BCUT2D eigenvalue weighted by Gasteiger charge is -2.07. The van der Waals surface area contributed by atoms with E-state index >= 15 is 0 Å². The molecule has 0 fully saturated rings. The summed E-state index contributed by atoms with van der Waals surface area (Å²) >= 11 is 3.58. The summed E-state index contributed by atoms with van der Waals surface area (Å²) < 4.78 is 1.17. The summed E-state index contributed by atoms with van der Waals surface area (Å²) in [5.41, 5.74) is 3.73. The highest BCUT2D eigenvalue weighted by Crippen LogP contribution is 2.17. The van der Waals surface area contributed by atoms with Gasteiger partial charge in [-0.2, -0.15) is 0 Å². The summed E-state index contributed by atoms with van der Waals surface area (Å²) in [4.78, 5) is 7.09. The number of nitrogens with one attached hydrogen (secondary N) is 2. The van der Waals surface area contributed by atoms with Gasteiger partial charge < -0.3 is 10.3 Å². The number of aromatic amines is 1. The van der Waals surface area contributed by atoms with E-state index < -0.39 is 0 Å². The molecule has 0 aliphatic heterocycles. The quantitative estimate of drug-likeness (QED) is 0.833. The van der Waals surface area contributed by atoms with Gasteiger partial charge in [-0.1, -0.05) is 28.1 Å². The second kappa shape index (κ2) is 5.98. The molecule has 0 bridgehead atoms. The van der Waals surface area contributed by atoms with Crippen molar-refractivity contribution in [2.75, 3.05) is 6.54 Å². The molecular formula is C13H16BrN3. The highest BCUT2D eigenvalue weighted by atomic mass is 79.9. The minimum atomic E-state index is 0.884. The van der Waals surface area contributed by atoms with Crippen molar-refractivity contribution in [2.24, 2.45) is 0 Å². The standard InChI is InChI=1S/C13H16BrN3/c1-10-2-3-11(13(14)6-10)7-15-5-4-12-8-16-9-17-12/h2-3,6,8-9,15H,4-5,7H2,1H3,(H,16,17). The molecule has 4 heteroatoms. The van der Waals surface area contributed by atoms with Crippen molar-refractivity contribution >= 4 is 15.9 Å². The van der Waals surface area contributed by atoms with Gasteiger partial charge in [0.05, 0.1) is 6.33 Å². The maximum atomic E-state index is 3.99. The Bertz CT molecular complexity index is 466. The molecular weight excluding hydrogens is 278 g/mol. The van der Waals surface area contributed by atoms with Gasteiger partial charge in [0.15, 0.2) is 0 Å². The van der Waals surface area contributed by atoms with Gasteiger partial charge in [-0.15, -0.1) is 0 Å². The molecule has 90 valence electrons. The minimum absolute atomic E-state index is 0.884. The third-order valence-corrected chi connectivity index (χ3v) is 3.39. The molecule has 2 aromatic rings. The SMILES string of the molecule is Cc1ccc(CNCCc2cnc[nH]2)c(Br)c1. The Morgan fingerprint density at radius 2 is 2.29 bits per heavy atom. The lowest BCUT2D eigenvalue weighted by molar-refractivity contribution is 0.679. The van der Waals surface area contributed by atoms with Crippen molar-refractivity contribution < 1.29 is 0 Å². The van der Waals surface area contributed by atoms with Crippen LogP contribution in [0.5, 0.6) is 0 Å². The van der Waals surface area contributed by atoms with Crippen LogP contribution in [-0.4, -0.2) is 16.5 Å². The molecule has 1 heterocycles. The first-order valence-corrected chi connectivity index (χ1v) is 6.48. The zero-order chi connectivity index (χ0) is 12.1. The number of halogens is 1. The second-order valence-electron chi connectivity index (χ2n) is 4.10. The largest absolute Gasteiger partial charge is 0.348 e. The highest BCUT2D eigenvalue weighted by molar-refractivity contribution is 9.10. The van der Waals surface area contributed by atoms with Gasteiger partial charge in [-0.3, -0.25) is 0 Å². The van der Waals surface area contributed by atoms with E-state index in [-0.39, 0.29) is 0 Å². The Kier molecular flexibility index (Phi) is 4.34. The van der Waals surface area contributed by atoms with Crippen LogP contribution in [-0.2, 0) is 13.0 Å². The van der Waals surface area contributed by atoms with Crippen LogP contribution < -0.4 is 5.32 Å². The predicted molar refractivity (Wildman–Crippen MR) is 72.9 cm³/mol.